The zero-order valence-corrected chi connectivity index (χ0v) is 15.4. The lowest BCUT2D eigenvalue weighted by atomic mass is 10.2. The van der Waals surface area contributed by atoms with Gasteiger partial charge < -0.3 is 10.6 Å². The highest BCUT2D eigenvalue weighted by Gasteiger charge is 2.21. The molecule has 1 saturated heterocycles. The molecule has 0 aliphatic carbocycles. The number of thiazole rings is 1. The van der Waals surface area contributed by atoms with Gasteiger partial charge in [-0.2, -0.15) is 0 Å². The van der Waals surface area contributed by atoms with Crippen molar-refractivity contribution in [3.05, 3.63) is 16.1 Å². The molecule has 2 heterocycles. The van der Waals surface area contributed by atoms with Crippen molar-refractivity contribution in [2.75, 3.05) is 32.7 Å². The first-order valence-corrected chi connectivity index (χ1v) is 8.24. The summed E-state index contributed by atoms with van der Waals surface area (Å²) in [5, 5.41) is 3.35. The molecule has 0 saturated carbocycles. The van der Waals surface area contributed by atoms with Crippen molar-refractivity contribution in [2.45, 2.75) is 32.7 Å². The fourth-order valence-electron chi connectivity index (χ4n) is 2.38. The Labute approximate surface area is 149 Å². The number of aryl methyl sites for hydroxylation is 1. The van der Waals surface area contributed by atoms with Crippen LogP contribution in [0.3, 0.4) is 0 Å². The Kier molecular flexibility index (Phi) is 11.0. The summed E-state index contributed by atoms with van der Waals surface area (Å²) in [4.78, 5) is 20.8. The Morgan fingerprint density at radius 1 is 1.32 bits per heavy atom. The van der Waals surface area contributed by atoms with Gasteiger partial charge in [0.1, 0.15) is 0 Å². The van der Waals surface area contributed by atoms with E-state index in [1.165, 1.54) is 5.01 Å². The Balaban J connectivity index is 0.00000220. The molecule has 0 atom stereocenters. The van der Waals surface area contributed by atoms with E-state index in [4.69, 9.17) is 5.73 Å². The normalized spacial score (nSPS) is 15.1. The van der Waals surface area contributed by atoms with Gasteiger partial charge >= 0.3 is 0 Å². The quantitative estimate of drug-likeness (QED) is 0.832. The van der Waals surface area contributed by atoms with Crippen LogP contribution in [-0.4, -0.2) is 53.4 Å². The van der Waals surface area contributed by atoms with E-state index in [1.54, 1.807) is 11.3 Å². The first kappa shape index (κ1) is 21.6. The molecule has 1 aliphatic heterocycles. The van der Waals surface area contributed by atoms with E-state index >= 15 is 0 Å². The number of carbonyl (C=O) groups excluding carboxylic acids is 1. The van der Waals surface area contributed by atoms with Crippen molar-refractivity contribution in [1.82, 2.24) is 14.8 Å². The lowest BCUT2D eigenvalue weighted by Gasteiger charge is -2.34. The number of rotatable bonds is 6. The van der Waals surface area contributed by atoms with E-state index in [0.29, 0.717) is 13.0 Å². The number of aromatic nitrogens is 1. The van der Waals surface area contributed by atoms with Gasteiger partial charge in [0.15, 0.2) is 0 Å². The van der Waals surface area contributed by atoms with Gasteiger partial charge in [-0.05, 0) is 19.4 Å². The molecule has 1 aliphatic rings. The lowest BCUT2D eigenvalue weighted by molar-refractivity contribution is -0.133. The van der Waals surface area contributed by atoms with Crippen LogP contribution in [0.25, 0.3) is 0 Å². The predicted octanol–water partition coefficient (Wildman–Crippen LogP) is 1.93. The van der Waals surface area contributed by atoms with Crippen molar-refractivity contribution in [3.8, 4) is 0 Å². The van der Waals surface area contributed by atoms with Crippen LogP contribution in [0.15, 0.2) is 5.38 Å². The summed E-state index contributed by atoms with van der Waals surface area (Å²) in [7, 11) is 0. The number of hydrogen-bond acceptors (Lipinski definition) is 5. The fraction of sp³-hybridized carbons (Fsp3) is 0.714. The number of carbonyl (C=O) groups is 1. The maximum absolute atomic E-state index is 11.9. The Bertz CT molecular complexity index is 436. The second-order valence-corrected chi connectivity index (χ2v) is 6.08. The molecule has 8 heteroatoms. The minimum atomic E-state index is 0. The Hall–Kier alpha value is -0.400. The van der Waals surface area contributed by atoms with Crippen LogP contribution in [0.1, 0.15) is 30.5 Å². The third kappa shape index (κ3) is 6.38. The van der Waals surface area contributed by atoms with E-state index in [0.717, 1.165) is 51.3 Å². The van der Waals surface area contributed by atoms with Crippen LogP contribution in [0, 0.1) is 0 Å². The van der Waals surface area contributed by atoms with Gasteiger partial charge in [0.25, 0.3) is 0 Å². The van der Waals surface area contributed by atoms with Crippen LogP contribution in [0.2, 0.25) is 0 Å². The zero-order chi connectivity index (χ0) is 14.4. The molecular weight excluding hydrogens is 343 g/mol. The first-order chi connectivity index (χ1) is 9.72. The summed E-state index contributed by atoms with van der Waals surface area (Å²) in [5.41, 5.74) is 6.60. The highest BCUT2D eigenvalue weighted by atomic mass is 35.5. The van der Waals surface area contributed by atoms with Crippen LogP contribution >= 0.6 is 36.2 Å². The number of hydrogen-bond donors (Lipinski definition) is 1. The molecule has 0 unspecified atom stereocenters. The van der Waals surface area contributed by atoms with Crippen LogP contribution in [-0.2, 0) is 17.8 Å². The molecule has 1 amide bonds. The summed E-state index contributed by atoms with van der Waals surface area (Å²) in [5.74, 6) is 0.247. The van der Waals surface area contributed by atoms with Gasteiger partial charge in [-0.15, -0.1) is 36.2 Å². The van der Waals surface area contributed by atoms with Gasteiger partial charge in [0.05, 0.1) is 10.7 Å². The third-order valence-corrected chi connectivity index (χ3v) is 4.65. The minimum absolute atomic E-state index is 0. The van der Waals surface area contributed by atoms with Crippen molar-refractivity contribution in [1.29, 1.82) is 0 Å². The third-order valence-electron chi connectivity index (χ3n) is 3.61. The first-order valence-electron chi connectivity index (χ1n) is 7.36. The highest BCUT2D eigenvalue weighted by Crippen LogP contribution is 2.14. The predicted molar refractivity (Wildman–Crippen MR) is 96.1 cm³/mol. The van der Waals surface area contributed by atoms with E-state index in [2.05, 4.69) is 22.2 Å². The molecule has 0 radical (unpaired) electrons. The van der Waals surface area contributed by atoms with Crippen molar-refractivity contribution < 1.29 is 4.79 Å². The van der Waals surface area contributed by atoms with Gasteiger partial charge in [-0.3, -0.25) is 9.69 Å². The van der Waals surface area contributed by atoms with Crippen LogP contribution < -0.4 is 5.73 Å². The SMILES string of the molecule is CCc1nc(CN2CCN(C(=O)CCCN)CC2)cs1.Cl.Cl. The number of halogens is 2. The van der Waals surface area contributed by atoms with Crippen molar-refractivity contribution >= 4 is 42.1 Å². The van der Waals surface area contributed by atoms with Crippen molar-refractivity contribution in [3.63, 3.8) is 0 Å². The molecule has 0 aromatic carbocycles. The number of amides is 1. The number of nitrogens with two attached hydrogens (primary N) is 1. The summed E-state index contributed by atoms with van der Waals surface area (Å²) in [6.45, 7) is 7.16. The largest absolute Gasteiger partial charge is 0.340 e. The zero-order valence-electron chi connectivity index (χ0n) is 13.0. The molecule has 0 spiro atoms. The average molecular weight is 369 g/mol. The van der Waals surface area contributed by atoms with Gasteiger partial charge in [0.2, 0.25) is 5.91 Å². The molecule has 1 aromatic heterocycles. The van der Waals surface area contributed by atoms with Gasteiger partial charge in [0, 0.05) is 44.5 Å². The highest BCUT2D eigenvalue weighted by molar-refractivity contribution is 7.09. The second kappa shape index (κ2) is 11.2. The van der Waals surface area contributed by atoms with E-state index < -0.39 is 0 Å². The summed E-state index contributed by atoms with van der Waals surface area (Å²) < 4.78 is 0. The molecule has 2 N–H and O–H groups in total. The summed E-state index contributed by atoms with van der Waals surface area (Å²) in [6, 6.07) is 0. The Morgan fingerprint density at radius 2 is 2.00 bits per heavy atom. The Morgan fingerprint density at radius 3 is 2.55 bits per heavy atom. The summed E-state index contributed by atoms with van der Waals surface area (Å²) in [6.07, 6.45) is 2.38. The smallest absolute Gasteiger partial charge is 0.222 e. The topological polar surface area (TPSA) is 62.5 Å². The molecule has 0 bridgehead atoms. The molecule has 22 heavy (non-hydrogen) atoms. The molecule has 1 aromatic rings. The van der Waals surface area contributed by atoms with E-state index in [1.807, 2.05) is 4.90 Å². The minimum Gasteiger partial charge on any atom is -0.340 e. The fourth-order valence-corrected chi connectivity index (χ4v) is 3.12. The van der Waals surface area contributed by atoms with E-state index in [9.17, 15) is 4.79 Å². The van der Waals surface area contributed by atoms with Gasteiger partial charge in [-0.25, -0.2) is 4.98 Å². The van der Waals surface area contributed by atoms with Crippen LogP contribution in [0.4, 0.5) is 0 Å². The maximum atomic E-state index is 11.9. The molecule has 5 nitrogen and oxygen atoms in total. The molecular formula is C14H26Cl2N4OS. The number of nitrogens with zero attached hydrogens (tertiary/aromatic N) is 3. The van der Waals surface area contributed by atoms with E-state index in [-0.39, 0.29) is 30.7 Å². The average Bonchev–Trinajstić information content (AvgIpc) is 2.93. The van der Waals surface area contributed by atoms with Gasteiger partial charge in [-0.1, -0.05) is 6.92 Å². The molecule has 1 fully saturated rings. The molecule has 2 rings (SSSR count). The molecule has 128 valence electrons. The van der Waals surface area contributed by atoms with Crippen LogP contribution in [0.5, 0.6) is 0 Å². The second-order valence-electron chi connectivity index (χ2n) is 5.14. The standard InChI is InChI=1S/C14H24N4OS.2ClH/c1-2-13-16-12(11-20-13)10-17-6-8-18(9-7-17)14(19)4-3-5-15;;/h11H,2-10,15H2,1H3;2*1H. The monoisotopic (exact) mass is 368 g/mol. The lowest BCUT2D eigenvalue weighted by Crippen LogP contribution is -2.48. The number of piperazine rings is 1. The summed E-state index contributed by atoms with van der Waals surface area (Å²) >= 11 is 1.74. The maximum Gasteiger partial charge on any atom is 0.222 e. The van der Waals surface area contributed by atoms with Crippen molar-refractivity contribution in [2.24, 2.45) is 5.73 Å².